The minimum Gasteiger partial charge on any atom is -0.445 e. The summed E-state index contributed by atoms with van der Waals surface area (Å²) in [5.41, 5.74) is -0.479. The second-order valence-corrected chi connectivity index (χ2v) is 3.68. The summed E-state index contributed by atoms with van der Waals surface area (Å²) in [6.45, 7) is -4.88. The molecule has 68 valence electrons. The van der Waals surface area contributed by atoms with Gasteiger partial charge in [-0.25, -0.2) is 0 Å². The number of benzene rings is 1. The first-order valence-electron chi connectivity index (χ1n) is 3.75. The Balaban J connectivity index is 0.000000980. The van der Waals surface area contributed by atoms with Gasteiger partial charge >= 0.3 is 58.4 Å². The van der Waals surface area contributed by atoms with Crippen molar-refractivity contribution in [3.63, 3.8) is 0 Å². The Morgan fingerprint density at radius 1 is 1.07 bits per heavy atom. The Labute approximate surface area is 126 Å². The van der Waals surface area contributed by atoms with E-state index >= 15 is 0 Å². The molecule has 0 bridgehead atoms. The molecule has 1 aromatic carbocycles. The molecule has 0 saturated carbocycles. The first kappa shape index (κ1) is 12.7. The van der Waals surface area contributed by atoms with Crippen LogP contribution in [0, 0.1) is 0 Å². The summed E-state index contributed by atoms with van der Waals surface area (Å²) in [5.74, 6) is 0. The quantitative estimate of drug-likeness (QED) is 0.613. The average Bonchev–Trinajstić information content (AvgIpc) is 2.48. The largest absolute Gasteiger partial charge is 1.00 e. The first-order chi connectivity index (χ1) is 6.09. The van der Waals surface area contributed by atoms with Gasteiger partial charge in [-0.1, -0.05) is 23.7 Å². The van der Waals surface area contributed by atoms with Crippen molar-refractivity contribution in [1.29, 1.82) is 0 Å². The molecule has 0 saturated heterocycles. The van der Waals surface area contributed by atoms with Crippen LogP contribution in [0.3, 0.4) is 0 Å². The second-order valence-electron chi connectivity index (χ2n) is 2.76. The standard InChI is InChI=1S/C8H5BF3S.K/c10-9(11,12)7-3-1-2-6-4-5-13-8(6)7;/h1-5H;/q-1;+1. The Morgan fingerprint density at radius 2 is 1.79 bits per heavy atom. The summed E-state index contributed by atoms with van der Waals surface area (Å²) in [6, 6.07) is 5.97. The van der Waals surface area contributed by atoms with Gasteiger partial charge in [-0.3, -0.25) is 0 Å². The summed E-state index contributed by atoms with van der Waals surface area (Å²) in [6.07, 6.45) is 0. The van der Waals surface area contributed by atoms with Gasteiger partial charge in [-0.2, -0.15) is 0 Å². The van der Waals surface area contributed by atoms with Crippen LogP contribution in [0.15, 0.2) is 29.6 Å². The minimum atomic E-state index is -4.88. The average molecular weight is 240 g/mol. The van der Waals surface area contributed by atoms with E-state index in [9.17, 15) is 12.9 Å². The Morgan fingerprint density at radius 3 is 2.43 bits per heavy atom. The van der Waals surface area contributed by atoms with Crippen molar-refractivity contribution in [1.82, 2.24) is 0 Å². The van der Waals surface area contributed by atoms with Crippen molar-refractivity contribution in [2.45, 2.75) is 0 Å². The molecule has 0 N–H and O–H groups in total. The predicted molar refractivity (Wildman–Crippen MR) is 50.5 cm³/mol. The monoisotopic (exact) mass is 240 g/mol. The van der Waals surface area contributed by atoms with Crippen molar-refractivity contribution in [2.24, 2.45) is 0 Å². The fraction of sp³-hybridized carbons (Fsp3) is 0. The zero-order valence-corrected chi connectivity index (χ0v) is 11.4. The molecule has 0 aliphatic carbocycles. The number of hydrogen-bond acceptors (Lipinski definition) is 1. The van der Waals surface area contributed by atoms with E-state index in [1.807, 2.05) is 0 Å². The number of halogens is 3. The maximum Gasteiger partial charge on any atom is 1.00 e. The second kappa shape index (κ2) is 4.67. The Bertz CT molecular complexity index is 437. The zero-order valence-electron chi connectivity index (χ0n) is 7.51. The third-order valence-electron chi connectivity index (χ3n) is 1.86. The van der Waals surface area contributed by atoms with E-state index in [2.05, 4.69) is 0 Å². The van der Waals surface area contributed by atoms with Crippen LogP contribution in [-0.4, -0.2) is 6.98 Å². The van der Waals surface area contributed by atoms with Crippen LogP contribution in [0.2, 0.25) is 0 Å². The normalized spacial score (nSPS) is 11.4. The Kier molecular flexibility index (Phi) is 4.25. The molecule has 0 fully saturated rings. The van der Waals surface area contributed by atoms with E-state index in [0.717, 1.165) is 17.4 Å². The molecule has 14 heavy (non-hydrogen) atoms. The number of thiophene rings is 1. The van der Waals surface area contributed by atoms with Crippen LogP contribution in [0.5, 0.6) is 0 Å². The molecule has 0 amide bonds. The smallest absolute Gasteiger partial charge is 0.445 e. The fourth-order valence-corrected chi connectivity index (χ4v) is 2.23. The molecule has 1 heterocycles. The van der Waals surface area contributed by atoms with Crippen LogP contribution in [-0.2, 0) is 0 Å². The van der Waals surface area contributed by atoms with Gasteiger partial charge < -0.3 is 12.9 Å². The number of rotatable bonds is 1. The van der Waals surface area contributed by atoms with Crippen molar-refractivity contribution < 1.29 is 64.3 Å². The van der Waals surface area contributed by atoms with E-state index in [4.69, 9.17) is 0 Å². The van der Waals surface area contributed by atoms with Crippen LogP contribution in [0.25, 0.3) is 10.1 Å². The van der Waals surface area contributed by atoms with Gasteiger partial charge in [-0.15, -0.1) is 11.3 Å². The van der Waals surface area contributed by atoms with Crippen molar-refractivity contribution >= 4 is 33.9 Å². The molecule has 0 radical (unpaired) electrons. The van der Waals surface area contributed by atoms with Gasteiger partial charge in [0.05, 0.1) is 0 Å². The Hall–Kier alpha value is 0.671. The van der Waals surface area contributed by atoms with E-state index in [1.165, 1.54) is 6.07 Å². The number of fused-ring (bicyclic) bond motifs is 1. The summed E-state index contributed by atoms with van der Waals surface area (Å²) >= 11 is 1.14. The molecular formula is C8H5BF3KS. The summed E-state index contributed by atoms with van der Waals surface area (Å²) in [7, 11) is 0. The molecule has 0 spiro atoms. The summed E-state index contributed by atoms with van der Waals surface area (Å²) < 4.78 is 37.7. The molecule has 0 aliphatic rings. The van der Waals surface area contributed by atoms with E-state index in [0.29, 0.717) is 10.1 Å². The van der Waals surface area contributed by atoms with E-state index in [1.54, 1.807) is 17.5 Å². The topological polar surface area (TPSA) is 0 Å². The first-order valence-corrected chi connectivity index (χ1v) is 4.63. The third-order valence-corrected chi connectivity index (χ3v) is 2.84. The van der Waals surface area contributed by atoms with E-state index < -0.39 is 12.4 Å². The van der Waals surface area contributed by atoms with E-state index in [-0.39, 0.29) is 51.4 Å². The van der Waals surface area contributed by atoms with Gasteiger partial charge in [0.2, 0.25) is 0 Å². The van der Waals surface area contributed by atoms with Gasteiger partial charge in [0.1, 0.15) is 0 Å². The van der Waals surface area contributed by atoms with Crippen LogP contribution >= 0.6 is 11.3 Å². The van der Waals surface area contributed by atoms with Gasteiger partial charge in [-0.05, 0) is 16.8 Å². The third kappa shape index (κ3) is 2.43. The fourth-order valence-electron chi connectivity index (χ4n) is 1.27. The van der Waals surface area contributed by atoms with Crippen molar-refractivity contribution in [3.05, 3.63) is 29.6 Å². The van der Waals surface area contributed by atoms with Gasteiger partial charge in [0, 0.05) is 4.70 Å². The SMILES string of the molecule is F[B-](F)(F)c1cccc2ccsc12.[K+]. The predicted octanol–water partition coefficient (Wildman–Crippen LogP) is -0.0403. The van der Waals surface area contributed by atoms with Crippen LogP contribution in [0.4, 0.5) is 12.9 Å². The van der Waals surface area contributed by atoms with Crippen molar-refractivity contribution in [2.75, 3.05) is 0 Å². The summed E-state index contributed by atoms with van der Waals surface area (Å²) in [4.78, 5) is 0. The maximum atomic E-state index is 12.5. The molecule has 0 atom stereocenters. The zero-order chi connectivity index (χ0) is 9.47. The van der Waals surface area contributed by atoms with Crippen LogP contribution < -0.4 is 56.8 Å². The molecule has 2 aromatic rings. The molecular weight excluding hydrogens is 235 g/mol. The van der Waals surface area contributed by atoms with Gasteiger partial charge in [0.25, 0.3) is 0 Å². The van der Waals surface area contributed by atoms with Gasteiger partial charge in [0.15, 0.2) is 0 Å². The molecule has 2 rings (SSSR count). The summed E-state index contributed by atoms with van der Waals surface area (Å²) in [5, 5.41) is 2.34. The van der Waals surface area contributed by atoms with Crippen LogP contribution in [0.1, 0.15) is 0 Å². The molecule has 0 nitrogen and oxygen atoms in total. The minimum absolute atomic E-state index is 0. The molecule has 6 heteroatoms. The maximum absolute atomic E-state index is 12.5. The number of hydrogen-bond donors (Lipinski definition) is 0. The van der Waals surface area contributed by atoms with Crippen molar-refractivity contribution in [3.8, 4) is 0 Å². The molecule has 1 aromatic heterocycles. The molecule has 0 unspecified atom stereocenters. The molecule has 0 aliphatic heterocycles.